The van der Waals surface area contributed by atoms with Gasteiger partial charge in [0.05, 0.1) is 12.8 Å². The first kappa shape index (κ1) is 19.2. The van der Waals surface area contributed by atoms with E-state index in [9.17, 15) is 9.59 Å². The van der Waals surface area contributed by atoms with Crippen molar-refractivity contribution in [1.82, 2.24) is 15.1 Å². The fraction of sp³-hybridized carbons (Fsp3) is 0.562. The molecule has 6 nitrogen and oxygen atoms in total. The molecule has 0 saturated heterocycles. The second-order valence-electron chi connectivity index (χ2n) is 5.17. The number of hydrogen-bond donors (Lipinski definition) is 1. The summed E-state index contributed by atoms with van der Waals surface area (Å²) < 4.78 is 6.29. The number of rotatable bonds is 9. The summed E-state index contributed by atoms with van der Waals surface area (Å²) in [5.74, 6) is -0.511. The van der Waals surface area contributed by atoms with Gasteiger partial charge in [-0.1, -0.05) is 24.9 Å². The largest absolute Gasteiger partial charge is 0.469 e. The highest BCUT2D eigenvalue weighted by molar-refractivity contribution is 6.31. The van der Waals surface area contributed by atoms with Gasteiger partial charge in [0.2, 0.25) is 5.91 Å². The number of unbranched alkanes of at least 4 members (excludes halogenated alkanes) is 1. The molecule has 0 aliphatic carbocycles. The van der Waals surface area contributed by atoms with Crippen molar-refractivity contribution in [2.75, 3.05) is 13.7 Å². The highest BCUT2D eigenvalue weighted by Gasteiger charge is 2.10. The SMILES string of the molecule is CCCCn1nc(C)c(/C=C/C(=O)NCCCC(=O)OC)c1Cl. The molecule has 0 unspecified atom stereocenters. The fourth-order valence-corrected chi connectivity index (χ4v) is 2.30. The first-order chi connectivity index (χ1) is 11.0. The Hall–Kier alpha value is -1.82. The van der Waals surface area contributed by atoms with Crippen LogP contribution in [0.25, 0.3) is 6.08 Å². The van der Waals surface area contributed by atoms with Gasteiger partial charge in [-0.3, -0.25) is 14.3 Å². The van der Waals surface area contributed by atoms with Crippen LogP contribution < -0.4 is 5.32 Å². The molecule has 0 atom stereocenters. The number of hydrogen-bond acceptors (Lipinski definition) is 4. The number of carbonyl (C=O) groups excluding carboxylic acids is 2. The lowest BCUT2D eigenvalue weighted by molar-refractivity contribution is -0.140. The Morgan fingerprint density at radius 2 is 2.13 bits per heavy atom. The van der Waals surface area contributed by atoms with E-state index in [0.717, 1.165) is 30.6 Å². The molecule has 1 heterocycles. The van der Waals surface area contributed by atoms with E-state index in [1.54, 1.807) is 10.8 Å². The van der Waals surface area contributed by atoms with Crippen LogP contribution in [-0.2, 0) is 20.9 Å². The highest BCUT2D eigenvalue weighted by atomic mass is 35.5. The van der Waals surface area contributed by atoms with Gasteiger partial charge in [-0.25, -0.2) is 0 Å². The van der Waals surface area contributed by atoms with Gasteiger partial charge in [0.15, 0.2) is 0 Å². The van der Waals surface area contributed by atoms with E-state index >= 15 is 0 Å². The van der Waals surface area contributed by atoms with Crippen molar-refractivity contribution < 1.29 is 14.3 Å². The van der Waals surface area contributed by atoms with Crippen molar-refractivity contribution in [2.24, 2.45) is 0 Å². The lowest BCUT2D eigenvalue weighted by Crippen LogP contribution is -2.22. The van der Waals surface area contributed by atoms with Crippen molar-refractivity contribution in [3.63, 3.8) is 0 Å². The molecule has 0 fully saturated rings. The van der Waals surface area contributed by atoms with Crippen LogP contribution in [0.4, 0.5) is 0 Å². The molecule has 7 heteroatoms. The molecule has 0 saturated carbocycles. The summed E-state index contributed by atoms with van der Waals surface area (Å²) in [5, 5.41) is 7.64. The summed E-state index contributed by atoms with van der Waals surface area (Å²) in [6, 6.07) is 0. The van der Waals surface area contributed by atoms with Crippen molar-refractivity contribution >= 4 is 29.6 Å². The Morgan fingerprint density at radius 3 is 2.78 bits per heavy atom. The molecule has 1 N–H and O–H groups in total. The predicted molar refractivity (Wildman–Crippen MR) is 90.2 cm³/mol. The normalized spacial score (nSPS) is 11.0. The summed E-state index contributed by atoms with van der Waals surface area (Å²) in [6.07, 6.45) is 6.00. The van der Waals surface area contributed by atoms with E-state index in [4.69, 9.17) is 11.6 Å². The van der Waals surface area contributed by atoms with Crippen molar-refractivity contribution in [1.29, 1.82) is 0 Å². The molecule has 0 radical (unpaired) electrons. The predicted octanol–water partition coefficient (Wildman–Crippen LogP) is 2.73. The summed E-state index contributed by atoms with van der Waals surface area (Å²) in [5.41, 5.74) is 1.55. The second kappa shape index (κ2) is 10.0. The summed E-state index contributed by atoms with van der Waals surface area (Å²) in [7, 11) is 1.34. The Balaban J connectivity index is 2.51. The molecule has 0 bridgehead atoms. The molecule has 0 spiro atoms. The van der Waals surface area contributed by atoms with Gasteiger partial charge < -0.3 is 10.1 Å². The lowest BCUT2D eigenvalue weighted by atomic mass is 10.2. The van der Waals surface area contributed by atoms with Crippen LogP contribution in [0, 0.1) is 6.92 Å². The van der Waals surface area contributed by atoms with Gasteiger partial charge >= 0.3 is 5.97 Å². The topological polar surface area (TPSA) is 73.2 Å². The van der Waals surface area contributed by atoms with Crippen LogP contribution in [0.15, 0.2) is 6.08 Å². The van der Waals surface area contributed by atoms with E-state index in [1.807, 2.05) is 6.92 Å². The van der Waals surface area contributed by atoms with E-state index in [-0.39, 0.29) is 18.3 Å². The average molecular weight is 342 g/mol. The summed E-state index contributed by atoms with van der Waals surface area (Å²) >= 11 is 6.29. The van der Waals surface area contributed by atoms with E-state index in [0.29, 0.717) is 18.1 Å². The zero-order chi connectivity index (χ0) is 17.2. The third kappa shape index (κ3) is 6.44. The number of aromatic nitrogens is 2. The number of aryl methyl sites for hydroxylation is 2. The number of amides is 1. The summed E-state index contributed by atoms with van der Waals surface area (Å²) in [6.45, 7) is 5.16. The Morgan fingerprint density at radius 1 is 1.39 bits per heavy atom. The zero-order valence-corrected chi connectivity index (χ0v) is 14.7. The van der Waals surface area contributed by atoms with Crippen LogP contribution in [0.5, 0.6) is 0 Å². The molecule has 128 valence electrons. The highest BCUT2D eigenvalue weighted by Crippen LogP contribution is 2.21. The van der Waals surface area contributed by atoms with Crippen LogP contribution in [0.1, 0.15) is 43.9 Å². The Bertz CT molecular complexity index is 567. The third-order valence-electron chi connectivity index (χ3n) is 3.32. The maximum absolute atomic E-state index is 11.7. The molecule has 1 amide bonds. The fourth-order valence-electron chi connectivity index (χ4n) is 1.98. The Kier molecular flexibility index (Phi) is 8.40. The molecule has 0 aliphatic heterocycles. The maximum Gasteiger partial charge on any atom is 0.305 e. The van der Waals surface area contributed by atoms with Gasteiger partial charge in [-0.05, 0) is 25.8 Å². The van der Waals surface area contributed by atoms with Gasteiger partial charge in [0.25, 0.3) is 0 Å². The van der Waals surface area contributed by atoms with Crippen LogP contribution in [0.3, 0.4) is 0 Å². The van der Waals surface area contributed by atoms with Gasteiger partial charge in [0, 0.05) is 31.1 Å². The summed E-state index contributed by atoms with van der Waals surface area (Å²) in [4.78, 5) is 22.7. The van der Waals surface area contributed by atoms with E-state index in [1.165, 1.54) is 13.2 Å². The zero-order valence-electron chi connectivity index (χ0n) is 13.9. The maximum atomic E-state index is 11.7. The molecule has 1 aromatic rings. The molecule has 1 rings (SSSR count). The minimum Gasteiger partial charge on any atom is -0.469 e. The second-order valence-corrected chi connectivity index (χ2v) is 5.53. The molecular weight excluding hydrogens is 318 g/mol. The minimum absolute atomic E-state index is 0.230. The number of methoxy groups -OCH3 is 1. The number of nitrogens with one attached hydrogen (secondary N) is 1. The first-order valence-electron chi connectivity index (χ1n) is 7.75. The van der Waals surface area contributed by atoms with E-state index in [2.05, 4.69) is 22.1 Å². The number of nitrogens with zero attached hydrogens (tertiary/aromatic N) is 2. The number of halogens is 1. The molecule has 0 aromatic carbocycles. The van der Waals surface area contributed by atoms with Crippen molar-refractivity contribution in [2.45, 2.75) is 46.1 Å². The first-order valence-corrected chi connectivity index (χ1v) is 8.13. The molecule has 23 heavy (non-hydrogen) atoms. The minimum atomic E-state index is -0.281. The quantitative estimate of drug-likeness (QED) is 0.426. The van der Waals surface area contributed by atoms with Gasteiger partial charge in [-0.15, -0.1) is 0 Å². The number of ether oxygens (including phenoxy) is 1. The third-order valence-corrected chi connectivity index (χ3v) is 3.72. The van der Waals surface area contributed by atoms with Gasteiger partial charge in [-0.2, -0.15) is 5.10 Å². The van der Waals surface area contributed by atoms with E-state index < -0.39 is 0 Å². The van der Waals surface area contributed by atoms with Crippen LogP contribution >= 0.6 is 11.6 Å². The Labute approximate surface area is 141 Å². The van der Waals surface area contributed by atoms with Crippen molar-refractivity contribution in [3.8, 4) is 0 Å². The molecular formula is C16H24ClN3O3. The standard InChI is InChI=1S/C16H24ClN3O3/c1-4-5-11-20-16(17)13(12(2)19-20)8-9-14(21)18-10-6-7-15(22)23-3/h8-9H,4-7,10-11H2,1-3H3,(H,18,21)/b9-8+. The monoisotopic (exact) mass is 341 g/mol. The number of esters is 1. The lowest BCUT2D eigenvalue weighted by Gasteiger charge is -2.02. The van der Waals surface area contributed by atoms with Gasteiger partial charge in [0.1, 0.15) is 5.15 Å². The smallest absolute Gasteiger partial charge is 0.305 e. The van der Waals surface area contributed by atoms with Crippen LogP contribution in [0.2, 0.25) is 5.15 Å². The van der Waals surface area contributed by atoms with Crippen molar-refractivity contribution in [3.05, 3.63) is 22.5 Å². The molecule has 1 aromatic heterocycles. The number of carbonyl (C=O) groups is 2. The molecule has 0 aliphatic rings. The van der Waals surface area contributed by atoms with Crippen LogP contribution in [-0.4, -0.2) is 35.3 Å². The average Bonchev–Trinajstić information content (AvgIpc) is 2.81.